The van der Waals surface area contributed by atoms with E-state index < -0.39 is 27.9 Å². The number of amides is 1. The van der Waals surface area contributed by atoms with Crippen LogP contribution in [0, 0.1) is 0 Å². The van der Waals surface area contributed by atoms with Gasteiger partial charge in [0.25, 0.3) is 5.91 Å². The van der Waals surface area contributed by atoms with Crippen molar-refractivity contribution in [2.24, 2.45) is 0 Å². The van der Waals surface area contributed by atoms with Crippen LogP contribution in [0.15, 0.2) is 59.5 Å². The van der Waals surface area contributed by atoms with Crippen LogP contribution >= 0.6 is 0 Å². The normalized spacial score (nSPS) is 16.3. The molecule has 2 N–H and O–H groups in total. The molecular formula is C20H22N2O5S. The third-order valence-electron chi connectivity index (χ3n) is 4.72. The average Bonchev–Trinajstić information content (AvgIpc) is 2.73. The molecule has 2 aromatic rings. The Morgan fingerprint density at radius 3 is 2.11 bits per heavy atom. The summed E-state index contributed by atoms with van der Waals surface area (Å²) in [5.74, 6) is -1.76. The van der Waals surface area contributed by atoms with E-state index >= 15 is 0 Å². The number of aliphatic carboxylic acids is 1. The molecule has 8 heteroatoms. The zero-order valence-electron chi connectivity index (χ0n) is 15.2. The van der Waals surface area contributed by atoms with Gasteiger partial charge in [-0.2, -0.15) is 4.31 Å². The topological polar surface area (TPSA) is 104 Å². The second-order valence-corrected chi connectivity index (χ2v) is 8.58. The smallest absolute Gasteiger partial charge is 0.330 e. The first-order valence-electron chi connectivity index (χ1n) is 9.08. The lowest BCUT2D eigenvalue weighted by molar-refractivity contribution is -0.139. The van der Waals surface area contributed by atoms with Crippen LogP contribution in [-0.2, 0) is 14.8 Å². The summed E-state index contributed by atoms with van der Waals surface area (Å²) in [6.07, 6.45) is 2.71. The maximum Gasteiger partial charge on any atom is 0.330 e. The highest BCUT2D eigenvalue weighted by molar-refractivity contribution is 7.89. The van der Waals surface area contributed by atoms with Crippen LogP contribution in [0.3, 0.4) is 0 Å². The minimum atomic E-state index is -3.58. The van der Waals surface area contributed by atoms with Gasteiger partial charge in [0.1, 0.15) is 0 Å². The number of carboxylic acid groups (broad SMARTS) is 1. The SMILES string of the molecule is O=C(NC(C(=O)O)c1ccccc1)c1ccc(S(=O)(=O)N2CCCCC2)cc1. The number of carboxylic acids is 1. The van der Waals surface area contributed by atoms with Crippen molar-refractivity contribution in [3.8, 4) is 0 Å². The number of carbonyl (C=O) groups excluding carboxylic acids is 1. The van der Waals surface area contributed by atoms with E-state index in [1.807, 2.05) is 0 Å². The van der Waals surface area contributed by atoms with Crippen LogP contribution in [0.5, 0.6) is 0 Å². The number of sulfonamides is 1. The number of nitrogens with one attached hydrogen (secondary N) is 1. The van der Waals surface area contributed by atoms with Crippen LogP contribution in [-0.4, -0.2) is 42.8 Å². The fourth-order valence-corrected chi connectivity index (χ4v) is 4.70. The number of piperidine rings is 1. The maximum absolute atomic E-state index is 12.7. The number of hydrogen-bond donors (Lipinski definition) is 2. The minimum Gasteiger partial charge on any atom is -0.479 e. The highest BCUT2D eigenvalue weighted by Gasteiger charge is 2.26. The average molecular weight is 402 g/mol. The summed E-state index contributed by atoms with van der Waals surface area (Å²) in [7, 11) is -3.58. The van der Waals surface area contributed by atoms with Crippen LogP contribution in [0.2, 0.25) is 0 Å². The lowest BCUT2D eigenvalue weighted by atomic mass is 10.1. The molecule has 1 amide bonds. The fourth-order valence-electron chi connectivity index (χ4n) is 3.18. The van der Waals surface area contributed by atoms with Crippen molar-refractivity contribution >= 4 is 21.9 Å². The Labute approximate surface area is 164 Å². The van der Waals surface area contributed by atoms with Crippen molar-refractivity contribution in [1.82, 2.24) is 9.62 Å². The molecule has 1 aliphatic heterocycles. The van der Waals surface area contributed by atoms with E-state index in [9.17, 15) is 23.1 Å². The van der Waals surface area contributed by atoms with Gasteiger partial charge in [-0.1, -0.05) is 36.8 Å². The largest absolute Gasteiger partial charge is 0.479 e. The van der Waals surface area contributed by atoms with Crippen LogP contribution < -0.4 is 5.32 Å². The standard InChI is InChI=1S/C20H22N2O5S/c23-19(21-18(20(24)25)15-7-3-1-4-8-15)16-9-11-17(12-10-16)28(26,27)22-13-5-2-6-14-22/h1,3-4,7-12,18H,2,5-6,13-14H2,(H,21,23)(H,24,25). The van der Waals surface area contributed by atoms with Gasteiger partial charge in [0, 0.05) is 18.7 Å². The summed E-state index contributed by atoms with van der Waals surface area (Å²) < 4.78 is 26.8. The van der Waals surface area contributed by atoms with Gasteiger partial charge in [-0.25, -0.2) is 13.2 Å². The molecule has 148 valence electrons. The molecule has 7 nitrogen and oxygen atoms in total. The van der Waals surface area contributed by atoms with E-state index in [2.05, 4.69) is 5.32 Å². The molecule has 3 rings (SSSR count). The fraction of sp³-hybridized carbons (Fsp3) is 0.300. The predicted molar refractivity (Wildman–Crippen MR) is 103 cm³/mol. The first-order chi connectivity index (χ1) is 13.4. The third-order valence-corrected chi connectivity index (χ3v) is 6.64. The van der Waals surface area contributed by atoms with Crippen molar-refractivity contribution in [3.05, 3.63) is 65.7 Å². The first kappa shape index (κ1) is 20.0. The molecule has 1 heterocycles. The number of benzene rings is 2. The van der Waals surface area contributed by atoms with E-state index in [4.69, 9.17) is 0 Å². The molecule has 1 atom stereocenters. The van der Waals surface area contributed by atoms with Crippen molar-refractivity contribution in [2.75, 3.05) is 13.1 Å². The molecule has 0 radical (unpaired) electrons. The van der Waals surface area contributed by atoms with E-state index in [-0.39, 0.29) is 10.5 Å². The molecule has 1 aliphatic rings. The van der Waals surface area contributed by atoms with Crippen molar-refractivity contribution in [1.29, 1.82) is 0 Å². The lowest BCUT2D eigenvalue weighted by Gasteiger charge is -2.25. The molecule has 0 aromatic heterocycles. The number of nitrogens with zero attached hydrogens (tertiary/aromatic N) is 1. The molecule has 0 saturated carbocycles. The Hall–Kier alpha value is -2.71. The van der Waals surface area contributed by atoms with Crippen molar-refractivity contribution in [2.45, 2.75) is 30.2 Å². The maximum atomic E-state index is 12.7. The Morgan fingerprint density at radius 1 is 0.929 bits per heavy atom. The molecule has 28 heavy (non-hydrogen) atoms. The van der Waals surface area contributed by atoms with Crippen LogP contribution in [0.4, 0.5) is 0 Å². The second kappa shape index (κ2) is 8.53. The van der Waals surface area contributed by atoms with Gasteiger partial charge in [-0.15, -0.1) is 0 Å². The molecule has 1 saturated heterocycles. The minimum absolute atomic E-state index is 0.129. The summed E-state index contributed by atoms with van der Waals surface area (Å²) in [5, 5.41) is 11.9. The molecule has 0 aliphatic carbocycles. The van der Waals surface area contributed by atoms with Gasteiger partial charge in [0.15, 0.2) is 6.04 Å². The lowest BCUT2D eigenvalue weighted by Crippen LogP contribution is -2.35. The second-order valence-electron chi connectivity index (χ2n) is 6.64. The van der Waals surface area contributed by atoms with E-state index in [0.29, 0.717) is 18.7 Å². The van der Waals surface area contributed by atoms with E-state index in [1.54, 1.807) is 30.3 Å². The molecule has 2 aromatic carbocycles. The Morgan fingerprint density at radius 2 is 1.54 bits per heavy atom. The molecule has 0 bridgehead atoms. The van der Waals surface area contributed by atoms with Gasteiger partial charge < -0.3 is 10.4 Å². The number of hydrogen-bond acceptors (Lipinski definition) is 4. The summed E-state index contributed by atoms with van der Waals surface area (Å²) in [5.41, 5.74) is 0.646. The Bertz CT molecular complexity index is 936. The molecule has 0 spiro atoms. The van der Waals surface area contributed by atoms with Gasteiger partial charge in [-0.05, 0) is 42.7 Å². The predicted octanol–water partition coefficient (Wildman–Crippen LogP) is 2.42. The number of rotatable bonds is 6. The summed E-state index contributed by atoms with van der Waals surface area (Å²) in [6, 6.07) is 12.8. The summed E-state index contributed by atoms with van der Waals surface area (Å²) in [6.45, 7) is 1.00. The van der Waals surface area contributed by atoms with Crippen molar-refractivity contribution in [3.63, 3.8) is 0 Å². The van der Waals surface area contributed by atoms with Gasteiger partial charge in [0.05, 0.1) is 4.90 Å². The molecular weight excluding hydrogens is 380 g/mol. The molecule has 1 unspecified atom stereocenters. The first-order valence-corrected chi connectivity index (χ1v) is 10.5. The Balaban J connectivity index is 1.75. The molecule has 1 fully saturated rings. The highest BCUT2D eigenvalue weighted by atomic mass is 32.2. The van der Waals surface area contributed by atoms with E-state index in [0.717, 1.165) is 19.3 Å². The third kappa shape index (κ3) is 4.40. The van der Waals surface area contributed by atoms with Gasteiger partial charge in [0.2, 0.25) is 10.0 Å². The summed E-state index contributed by atoms with van der Waals surface area (Å²) >= 11 is 0. The van der Waals surface area contributed by atoms with Gasteiger partial charge >= 0.3 is 5.97 Å². The van der Waals surface area contributed by atoms with Crippen LogP contribution in [0.25, 0.3) is 0 Å². The van der Waals surface area contributed by atoms with Gasteiger partial charge in [-0.3, -0.25) is 4.79 Å². The number of carbonyl (C=O) groups is 2. The van der Waals surface area contributed by atoms with Crippen molar-refractivity contribution < 1.29 is 23.1 Å². The zero-order valence-corrected chi connectivity index (χ0v) is 16.1. The summed E-state index contributed by atoms with van der Waals surface area (Å²) in [4.78, 5) is 24.1. The monoisotopic (exact) mass is 402 g/mol. The quantitative estimate of drug-likeness (QED) is 0.772. The Kier molecular flexibility index (Phi) is 6.11. The zero-order chi connectivity index (χ0) is 20.1. The highest BCUT2D eigenvalue weighted by Crippen LogP contribution is 2.21. The van der Waals surface area contributed by atoms with Crippen LogP contribution in [0.1, 0.15) is 41.2 Å². The van der Waals surface area contributed by atoms with E-state index in [1.165, 1.54) is 28.6 Å².